The van der Waals surface area contributed by atoms with Crippen LogP contribution in [0.1, 0.15) is 52.5 Å². The Labute approximate surface area is 225 Å². The average molecular weight is 569 g/mol. The van der Waals surface area contributed by atoms with Gasteiger partial charge in [-0.05, 0) is 55.9 Å². The second-order valence-electron chi connectivity index (χ2n) is 8.84. The first-order chi connectivity index (χ1) is 18.1. The zero-order valence-corrected chi connectivity index (χ0v) is 22.7. The number of ether oxygens (including phenoxy) is 2. The molecular formula is C25H27F3N4O4S2. The number of hydrogen-bond donors (Lipinski definition) is 1. The number of benzene rings is 1. The predicted molar refractivity (Wildman–Crippen MR) is 138 cm³/mol. The highest BCUT2D eigenvalue weighted by atomic mass is 32.2. The number of aromatic nitrogens is 3. The molecule has 0 fully saturated rings. The molecule has 3 aromatic rings. The van der Waals surface area contributed by atoms with Crippen LogP contribution in [-0.4, -0.2) is 39.5 Å². The number of carbonyl (C=O) groups is 2. The molecule has 1 aliphatic carbocycles. The maximum atomic E-state index is 13.0. The van der Waals surface area contributed by atoms with E-state index < -0.39 is 17.7 Å². The van der Waals surface area contributed by atoms with E-state index in [0.29, 0.717) is 34.0 Å². The van der Waals surface area contributed by atoms with Gasteiger partial charge < -0.3 is 19.4 Å². The third-order valence-corrected chi connectivity index (χ3v) is 8.26. The Morgan fingerprint density at radius 1 is 1.29 bits per heavy atom. The number of anilines is 1. The SMILES string of the molecule is CCn1c(COc2cccc(C(F)(F)F)c2)nnc1SCC(=O)Nc1sc2c(c1C(=O)OC)CCC(C)C2. The quantitative estimate of drug-likeness (QED) is 0.265. The normalized spacial score (nSPS) is 15.2. The van der Waals surface area contributed by atoms with Gasteiger partial charge in [0.15, 0.2) is 11.0 Å². The highest BCUT2D eigenvalue weighted by molar-refractivity contribution is 7.99. The Kier molecular flexibility index (Phi) is 8.66. The molecule has 1 aliphatic rings. The van der Waals surface area contributed by atoms with Crippen molar-refractivity contribution in [2.45, 2.75) is 57.6 Å². The van der Waals surface area contributed by atoms with Crippen LogP contribution in [0.2, 0.25) is 0 Å². The van der Waals surface area contributed by atoms with Crippen LogP contribution in [-0.2, 0) is 41.7 Å². The van der Waals surface area contributed by atoms with Gasteiger partial charge in [-0.3, -0.25) is 4.79 Å². The Morgan fingerprint density at radius 2 is 2.08 bits per heavy atom. The van der Waals surface area contributed by atoms with Crippen LogP contribution < -0.4 is 10.1 Å². The molecule has 0 spiro atoms. The number of amides is 1. The number of fused-ring (bicyclic) bond motifs is 1. The summed E-state index contributed by atoms with van der Waals surface area (Å²) in [5.74, 6) is 0.245. The lowest BCUT2D eigenvalue weighted by Crippen LogP contribution is -2.17. The van der Waals surface area contributed by atoms with Crippen molar-refractivity contribution in [3.8, 4) is 5.75 Å². The summed E-state index contributed by atoms with van der Waals surface area (Å²) in [5, 5.41) is 12.0. The minimum Gasteiger partial charge on any atom is -0.486 e. The van der Waals surface area contributed by atoms with Crippen LogP contribution in [0.15, 0.2) is 29.4 Å². The summed E-state index contributed by atoms with van der Waals surface area (Å²) in [5.41, 5.74) is 0.591. The molecule has 4 rings (SSSR count). The largest absolute Gasteiger partial charge is 0.486 e. The first-order valence-corrected chi connectivity index (χ1v) is 13.8. The topological polar surface area (TPSA) is 95.3 Å². The molecule has 38 heavy (non-hydrogen) atoms. The summed E-state index contributed by atoms with van der Waals surface area (Å²) in [7, 11) is 1.32. The Hall–Kier alpha value is -3.06. The van der Waals surface area contributed by atoms with E-state index in [9.17, 15) is 22.8 Å². The van der Waals surface area contributed by atoms with Gasteiger partial charge in [0.25, 0.3) is 0 Å². The molecule has 0 aliphatic heterocycles. The number of alkyl halides is 3. The van der Waals surface area contributed by atoms with Crippen LogP contribution in [0.4, 0.5) is 18.2 Å². The van der Waals surface area contributed by atoms with Gasteiger partial charge in [0.05, 0.1) is 24.0 Å². The van der Waals surface area contributed by atoms with Gasteiger partial charge in [0, 0.05) is 11.4 Å². The van der Waals surface area contributed by atoms with E-state index in [0.717, 1.165) is 53.6 Å². The number of nitrogens with zero attached hydrogens (tertiary/aromatic N) is 3. The summed E-state index contributed by atoms with van der Waals surface area (Å²) in [6.45, 7) is 4.41. The monoisotopic (exact) mass is 568 g/mol. The molecule has 2 aromatic heterocycles. The molecule has 2 heterocycles. The fourth-order valence-corrected chi connectivity index (χ4v) is 6.45. The highest BCUT2D eigenvalue weighted by Gasteiger charge is 2.31. The summed E-state index contributed by atoms with van der Waals surface area (Å²) >= 11 is 2.58. The standard InChI is InChI=1S/C25H27F3N4O4S2/c1-4-32-19(12-36-16-7-5-6-15(11-16)25(26,27)28)30-31-24(32)37-13-20(33)29-22-21(23(34)35-3)17-9-8-14(2)10-18(17)38-22/h5-7,11,14H,4,8-10,12-13H2,1-3H3,(H,29,33). The maximum Gasteiger partial charge on any atom is 0.416 e. The van der Waals surface area contributed by atoms with Crippen molar-refractivity contribution in [2.75, 3.05) is 18.2 Å². The lowest BCUT2D eigenvalue weighted by atomic mass is 9.88. The van der Waals surface area contributed by atoms with Gasteiger partial charge >= 0.3 is 12.1 Å². The third kappa shape index (κ3) is 6.32. The second kappa shape index (κ2) is 11.8. The van der Waals surface area contributed by atoms with Crippen molar-refractivity contribution in [3.63, 3.8) is 0 Å². The van der Waals surface area contributed by atoms with Gasteiger partial charge in [-0.2, -0.15) is 13.2 Å². The molecule has 13 heteroatoms. The number of esters is 1. The fraction of sp³-hybridized carbons (Fsp3) is 0.440. The summed E-state index contributed by atoms with van der Waals surface area (Å²) in [6, 6.07) is 4.62. The van der Waals surface area contributed by atoms with Gasteiger partial charge in [-0.25, -0.2) is 4.79 Å². The van der Waals surface area contributed by atoms with Gasteiger partial charge in [-0.15, -0.1) is 21.5 Å². The highest BCUT2D eigenvalue weighted by Crippen LogP contribution is 2.40. The Bertz CT molecular complexity index is 1320. The van der Waals surface area contributed by atoms with E-state index in [1.807, 2.05) is 6.92 Å². The van der Waals surface area contributed by atoms with Crippen LogP contribution in [0.25, 0.3) is 0 Å². The molecule has 1 atom stereocenters. The molecular weight excluding hydrogens is 541 g/mol. The average Bonchev–Trinajstić information content (AvgIpc) is 3.44. The first-order valence-electron chi connectivity index (χ1n) is 12.0. The van der Waals surface area contributed by atoms with Crippen molar-refractivity contribution >= 4 is 40.0 Å². The number of rotatable bonds is 9. The van der Waals surface area contributed by atoms with Crippen LogP contribution >= 0.6 is 23.1 Å². The molecule has 1 amide bonds. The predicted octanol–water partition coefficient (Wildman–Crippen LogP) is 5.60. The van der Waals surface area contributed by atoms with Crippen LogP contribution in [0.3, 0.4) is 0 Å². The minimum absolute atomic E-state index is 0.0200. The molecule has 1 unspecified atom stereocenters. The number of halogens is 3. The van der Waals surface area contributed by atoms with Gasteiger partial charge in [-0.1, -0.05) is 24.8 Å². The van der Waals surface area contributed by atoms with Crippen molar-refractivity contribution in [3.05, 3.63) is 51.7 Å². The van der Waals surface area contributed by atoms with Crippen molar-refractivity contribution in [1.29, 1.82) is 0 Å². The van der Waals surface area contributed by atoms with E-state index in [1.165, 1.54) is 30.6 Å². The van der Waals surface area contributed by atoms with E-state index in [-0.39, 0.29) is 24.0 Å². The molecule has 1 N–H and O–H groups in total. The zero-order valence-electron chi connectivity index (χ0n) is 21.1. The lowest BCUT2D eigenvalue weighted by molar-refractivity contribution is -0.137. The third-order valence-electron chi connectivity index (χ3n) is 6.13. The molecule has 0 saturated carbocycles. The molecule has 0 saturated heterocycles. The fourth-order valence-electron chi connectivity index (χ4n) is 4.21. The van der Waals surface area contributed by atoms with Crippen molar-refractivity contribution in [1.82, 2.24) is 14.8 Å². The number of hydrogen-bond acceptors (Lipinski definition) is 8. The van der Waals surface area contributed by atoms with Gasteiger partial charge in [0.2, 0.25) is 5.91 Å². The molecule has 0 bridgehead atoms. The number of thioether (sulfide) groups is 1. The minimum atomic E-state index is -4.47. The summed E-state index contributed by atoms with van der Waals surface area (Å²) < 4.78 is 51.1. The van der Waals surface area contributed by atoms with Crippen LogP contribution in [0, 0.1) is 5.92 Å². The first kappa shape index (κ1) is 28.0. The molecule has 1 aromatic carbocycles. The van der Waals surface area contributed by atoms with E-state index in [2.05, 4.69) is 22.4 Å². The van der Waals surface area contributed by atoms with Gasteiger partial charge in [0.1, 0.15) is 17.4 Å². The zero-order chi connectivity index (χ0) is 27.4. The number of nitrogens with one attached hydrogen (secondary N) is 1. The van der Waals surface area contributed by atoms with E-state index >= 15 is 0 Å². The second-order valence-corrected chi connectivity index (χ2v) is 10.9. The summed E-state index contributed by atoms with van der Waals surface area (Å²) in [6.07, 6.45) is -1.86. The van der Waals surface area contributed by atoms with Crippen LogP contribution in [0.5, 0.6) is 5.75 Å². The smallest absolute Gasteiger partial charge is 0.416 e. The van der Waals surface area contributed by atoms with Crippen molar-refractivity contribution < 1.29 is 32.2 Å². The Balaban J connectivity index is 1.40. The lowest BCUT2D eigenvalue weighted by Gasteiger charge is -2.18. The molecule has 0 radical (unpaired) electrons. The maximum absolute atomic E-state index is 13.0. The summed E-state index contributed by atoms with van der Waals surface area (Å²) in [4.78, 5) is 26.4. The number of methoxy groups -OCH3 is 1. The van der Waals surface area contributed by atoms with Crippen molar-refractivity contribution in [2.24, 2.45) is 5.92 Å². The number of thiophene rings is 1. The molecule has 204 valence electrons. The van der Waals surface area contributed by atoms with E-state index in [4.69, 9.17) is 9.47 Å². The number of carbonyl (C=O) groups excluding carboxylic acids is 2. The van der Waals surface area contributed by atoms with E-state index in [1.54, 1.807) is 4.57 Å². The molecule has 8 nitrogen and oxygen atoms in total. The Morgan fingerprint density at radius 3 is 2.79 bits per heavy atom.